The fourth-order valence-electron chi connectivity index (χ4n) is 1.91. The number of nitrogens with one attached hydrogen (secondary N) is 1. The third kappa shape index (κ3) is 5.43. The molecule has 0 aliphatic rings. The molecule has 0 aliphatic carbocycles. The molecule has 0 radical (unpaired) electrons. The number of amides is 1. The van der Waals surface area contributed by atoms with Crippen molar-refractivity contribution in [3.8, 4) is 0 Å². The quantitative estimate of drug-likeness (QED) is 0.853. The van der Waals surface area contributed by atoms with Gasteiger partial charge >= 0.3 is 0 Å². The monoisotopic (exact) mass is 262 g/mol. The number of hydrogen-bond donors (Lipinski definition) is 1. The highest BCUT2D eigenvalue weighted by Gasteiger charge is 2.09. The summed E-state index contributed by atoms with van der Waals surface area (Å²) >= 11 is 0. The average molecular weight is 262 g/mol. The van der Waals surface area contributed by atoms with Crippen LogP contribution in [0, 0.1) is 13.8 Å². The second kappa shape index (κ2) is 7.29. The molecule has 1 aromatic carbocycles. The maximum atomic E-state index is 11.9. The Hall–Kier alpha value is -1.35. The lowest BCUT2D eigenvalue weighted by Gasteiger charge is -2.19. The molecule has 0 saturated heterocycles. The molecule has 0 aliphatic heterocycles. The molecular weight excluding hydrogens is 236 g/mol. The molecule has 1 amide bonds. The van der Waals surface area contributed by atoms with Crippen molar-refractivity contribution in [3.63, 3.8) is 0 Å². The van der Waals surface area contributed by atoms with Crippen LogP contribution < -0.4 is 5.32 Å². The van der Waals surface area contributed by atoms with E-state index in [0.717, 1.165) is 13.0 Å². The first-order valence-electron chi connectivity index (χ1n) is 6.93. The van der Waals surface area contributed by atoms with Gasteiger partial charge in [-0.1, -0.05) is 37.6 Å². The Labute approximate surface area is 117 Å². The predicted molar refractivity (Wildman–Crippen MR) is 80.4 cm³/mol. The van der Waals surface area contributed by atoms with Gasteiger partial charge in [-0.05, 0) is 31.4 Å². The van der Waals surface area contributed by atoms with Crippen LogP contribution in [0.5, 0.6) is 0 Å². The summed E-state index contributed by atoms with van der Waals surface area (Å²) in [5, 5.41) is 3.15. The van der Waals surface area contributed by atoms with Crippen molar-refractivity contribution in [3.05, 3.63) is 34.9 Å². The van der Waals surface area contributed by atoms with E-state index in [1.54, 1.807) is 4.90 Å². The van der Waals surface area contributed by atoms with Gasteiger partial charge in [0.15, 0.2) is 0 Å². The fourth-order valence-corrected chi connectivity index (χ4v) is 1.91. The fraction of sp³-hybridized carbons (Fsp3) is 0.562. The van der Waals surface area contributed by atoms with E-state index in [1.807, 2.05) is 20.9 Å². The van der Waals surface area contributed by atoms with E-state index in [4.69, 9.17) is 0 Å². The van der Waals surface area contributed by atoms with Gasteiger partial charge in [-0.15, -0.1) is 0 Å². The summed E-state index contributed by atoms with van der Waals surface area (Å²) in [6, 6.07) is 6.82. The highest BCUT2D eigenvalue weighted by Crippen LogP contribution is 2.11. The number of aryl methyl sites for hydroxylation is 2. The third-order valence-electron chi connectivity index (χ3n) is 3.31. The van der Waals surface area contributed by atoms with Crippen LogP contribution in [0.4, 0.5) is 0 Å². The van der Waals surface area contributed by atoms with Crippen LogP contribution in [-0.4, -0.2) is 37.0 Å². The van der Waals surface area contributed by atoms with Crippen molar-refractivity contribution < 1.29 is 4.79 Å². The molecule has 0 atom stereocenters. The lowest BCUT2D eigenvalue weighted by atomic mass is 10.0. The van der Waals surface area contributed by atoms with E-state index in [2.05, 4.69) is 37.4 Å². The van der Waals surface area contributed by atoms with Crippen LogP contribution in [0.25, 0.3) is 0 Å². The minimum Gasteiger partial charge on any atom is -0.344 e. The summed E-state index contributed by atoms with van der Waals surface area (Å²) in [7, 11) is 1.87. The molecule has 3 heteroatoms. The molecule has 0 aromatic heterocycles. The van der Waals surface area contributed by atoms with Crippen molar-refractivity contribution in [1.82, 2.24) is 10.2 Å². The van der Waals surface area contributed by atoms with Gasteiger partial charge in [0.25, 0.3) is 0 Å². The number of carbonyl (C=O) groups excluding carboxylic acids is 1. The number of hydrogen-bond acceptors (Lipinski definition) is 2. The van der Waals surface area contributed by atoms with Crippen LogP contribution in [0.3, 0.4) is 0 Å². The number of nitrogens with zero attached hydrogens (tertiary/aromatic N) is 1. The molecule has 106 valence electrons. The largest absolute Gasteiger partial charge is 0.344 e. The first-order valence-corrected chi connectivity index (χ1v) is 6.93. The average Bonchev–Trinajstić information content (AvgIpc) is 2.36. The molecule has 0 bridgehead atoms. The first kappa shape index (κ1) is 15.7. The van der Waals surface area contributed by atoms with Crippen LogP contribution in [-0.2, 0) is 11.2 Å². The van der Waals surface area contributed by atoms with Gasteiger partial charge in [-0.2, -0.15) is 0 Å². The summed E-state index contributed by atoms with van der Waals surface area (Å²) < 4.78 is 0. The summed E-state index contributed by atoms with van der Waals surface area (Å²) in [5.41, 5.74) is 3.90. The molecule has 1 rings (SSSR count). The van der Waals surface area contributed by atoms with E-state index in [9.17, 15) is 4.79 Å². The first-order chi connectivity index (χ1) is 8.90. The highest BCUT2D eigenvalue weighted by atomic mass is 16.2. The number of likely N-dealkylation sites (N-methyl/N-ethyl adjacent to an activating group) is 1. The minimum atomic E-state index is 0.152. The van der Waals surface area contributed by atoms with Crippen LogP contribution in [0.1, 0.15) is 30.5 Å². The minimum absolute atomic E-state index is 0.152. The van der Waals surface area contributed by atoms with Crippen molar-refractivity contribution in [2.75, 3.05) is 20.1 Å². The Morgan fingerprint density at radius 1 is 1.32 bits per heavy atom. The molecule has 3 nitrogen and oxygen atoms in total. The summed E-state index contributed by atoms with van der Waals surface area (Å²) in [6.07, 6.45) is 0.914. The Kier molecular flexibility index (Phi) is 6.03. The van der Waals surface area contributed by atoms with Gasteiger partial charge in [0.1, 0.15) is 0 Å². The van der Waals surface area contributed by atoms with Gasteiger partial charge in [0.05, 0.1) is 6.54 Å². The molecule has 0 saturated carbocycles. The Balaban J connectivity index is 2.47. The maximum absolute atomic E-state index is 11.9. The third-order valence-corrected chi connectivity index (χ3v) is 3.31. The lowest BCUT2D eigenvalue weighted by molar-refractivity contribution is -0.129. The molecular formula is C16H26N2O. The van der Waals surface area contributed by atoms with Crippen molar-refractivity contribution in [1.29, 1.82) is 0 Å². The van der Waals surface area contributed by atoms with E-state index in [1.165, 1.54) is 16.7 Å². The van der Waals surface area contributed by atoms with Crippen LogP contribution in [0.2, 0.25) is 0 Å². The molecule has 0 fully saturated rings. The van der Waals surface area contributed by atoms with Gasteiger partial charge in [-0.3, -0.25) is 4.79 Å². The normalized spacial score (nSPS) is 10.8. The van der Waals surface area contributed by atoms with Gasteiger partial charge in [-0.25, -0.2) is 0 Å². The Bertz CT molecular complexity index is 427. The number of rotatable bonds is 6. The summed E-state index contributed by atoms with van der Waals surface area (Å²) in [4.78, 5) is 13.7. The predicted octanol–water partition coefficient (Wildman–Crippen LogP) is 2.30. The van der Waals surface area contributed by atoms with Gasteiger partial charge in [0.2, 0.25) is 5.91 Å². The van der Waals surface area contributed by atoms with Gasteiger partial charge in [0, 0.05) is 19.6 Å². The molecule has 0 spiro atoms. The Morgan fingerprint density at radius 2 is 2.00 bits per heavy atom. The maximum Gasteiger partial charge on any atom is 0.236 e. The topological polar surface area (TPSA) is 32.3 Å². The van der Waals surface area contributed by atoms with Crippen molar-refractivity contribution in [2.45, 2.75) is 40.2 Å². The van der Waals surface area contributed by atoms with E-state index >= 15 is 0 Å². The molecule has 1 N–H and O–H groups in total. The van der Waals surface area contributed by atoms with Crippen molar-refractivity contribution >= 4 is 5.91 Å². The summed E-state index contributed by atoms with van der Waals surface area (Å²) in [5.74, 6) is 0.152. The zero-order chi connectivity index (χ0) is 14.4. The summed E-state index contributed by atoms with van der Waals surface area (Å²) in [6.45, 7) is 9.50. The zero-order valence-electron chi connectivity index (χ0n) is 12.8. The molecule has 0 unspecified atom stereocenters. The molecule has 0 heterocycles. The SMILES string of the molecule is Cc1ccc(C)c(CCN(C)C(=O)CNC(C)C)c1. The second-order valence-corrected chi connectivity index (χ2v) is 5.53. The van der Waals surface area contributed by atoms with Crippen LogP contribution >= 0.6 is 0 Å². The highest BCUT2D eigenvalue weighted by molar-refractivity contribution is 5.78. The van der Waals surface area contributed by atoms with E-state index < -0.39 is 0 Å². The number of carbonyl (C=O) groups is 1. The van der Waals surface area contributed by atoms with Crippen molar-refractivity contribution in [2.24, 2.45) is 0 Å². The van der Waals surface area contributed by atoms with Gasteiger partial charge < -0.3 is 10.2 Å². The lowest BCUT2D eigenvalue weighted by Crippen LogP contribution is -2.39. The van der Waals surface area contributed by atoms with Crippen LogP contribution in [0.15, 0.2) is 18.2 Å². The number of benzene rings is 1. The standard InChI is InChI=1S/C16H26N2O/c1-12(2)17-11-16(19)18(5)9-8-15-10-13(3)6-7-14(15)4/h6-7,10,12,17H,8-9,11H2,1-5H3. The smallest absolute Gasteiger partial charge is 0.236 e. The van der Waals surface area contributed by atoms with E-state index in [-0.39, 0.29) is 5.91 Å². The zero-order valence-corrected chi connectivity index (χ0v) is 12.8. The van der Waals surface area contributed by atoms with E-state index in [0.29, 0.717) is 12.6 Å². The second-order valence-electron chi connectivity index (χ2n) is 5.53. The molecule has 19 heavy (non-hydrogen) atoms. The molecule has 1 aromatic rings. The Morgan fingerprint density at radius 3 is 2.63 bits per heavy atom.